The van der Waals surface area contributed by atoms with E-state index in [0.717, 1.165) is 25.4 Å². The SMILES string of the molecule is CCNC(=NCC(=O)NCCOC)NCC(c1cccc(OC)c1)N1CCCC1.I. The molecule has 1 aromatic rings. The van der Waals surface area contributed by atoms with Gasteiger partial charge in [-0.25, -0.2) is 4.99 Å². The molecule has 0 aromatic heterocycles. The molecule has 0 spiro atoms. The van der Waals surface area contributed by atoms with Crippen molar-refractivity contribution in [3.8, 4) is 5.75 Å². The zero-order chi connectivity index (χ0) is 20.9. The first-order valence-electron chi connectivity index (χ1n) is 10.3. The molecular formula is C21H36IN5O3. The van der Waals surface area contributed by atoms with Crippen molar-refractivity contribution in [2.24, 2.45) is 4.99 Å². The smallest absolute Gasteiger partial charge is 0.241 e. The number of nitrogens with one attached hydrogen (secondary N) is 3. The standard InChI is InChI=1S/C21H35N5O3.HI/c1-4-22-21(25-16-20(27)23-10-13-28-2)24-15-19(26-11-5-6-12-26)17-8-7-9-18(14-17)29-3;/h7-9,14,19H,4-6,10-13,15-16H2,1-3H3,(H,23,27)(H2,22,24,25);1H. The second-order valence-corrected chi connectivity index (χ2v) is 6.95. The van der Waals surface area contributed by atoms with E-state index in [0.29, 0.717) is 25.7 Å². The van der Waals surface area contributed by atoms with Crippen LogP contribution in [0.4, 0.5) is 0 Å². The fraction of sp³-hybridized carbons (Fsp3) is 0.619. The van der Waals surface area contributed by atoms with Crippen LogP contribution in [0.25, 0.3) is 0 Å². The summed E-state index contributed by atoms with van der Waals surface area (Å²) in [6.07, 6.45) is 2.44. The van der Waals surface area contributed by atoms with Crippen LogP contribution in [-0.2, 0) is 9.53 Å². The van der Waals surface area contributed by atoms with Crippen molar-refractivity contribution in [3.05, 3.63) is 29.8 Å². The summed E-state index contributed by atoms with van der Waals surface area (Å²) in [5.74, 6) is 1.38. The van der Waals surface area contributed by atoms with E-state index in [9.17, 15) is 4.79 Å². The number of halogens is 1. The Balaban J connectivity index is 0.00000450. The third-order valence-corrected chi connectivity index (χ3v) is 4.88. The van der Waals surface area contributed by atoms with Crippen molar-refractivity contribution < 1.29 is 14.3 Å². The van der Waals surface area contributed by atoms with Gasteiger partial charge in [0, 0.05) is 26.7 Å². The number of carbonyl (C=O) groups excluding carboxylic acids is 1. The topological polar surface area (TPSA) is 87.2 Å². The third kappa shape index (κ3) is 9.05. The van der Waals surface area contributed by atoms with E-state index in [1.54, 1.807) is 14.2 Å². The molecule has 1 aromatic carbocycles. The Morgan fingerprint density at radius 2 is 1.97 bits per heavy atom. The van der Waals surface area contributed by atoms with Crippen molar-refractivity contribution in [1.82, 2.24) is 20.9 Å². The Morgan fingerprint density at radius 3 is 2.63 bits per heavy atom. The van der Waals surface area contributed by atoms with Crippen LogP contribution in [0.2, 0.25) is 0 Å². The van der Waals surface area contributed by atoms with Crippen molar-refractivity contribution >= 4 is 35.8 Å². The van der Waals surface area contributed by atoms with Crippen LogP contribution in [0.5, 0.6) is 5.75 Å². The minimum Gasteiger partial charge on any atom is -0.497 e. The van der Waals surface area contributed by atoms with Crippen molar-refractivity contribution in [3.63, 3.8) is 0 Å². The molecule has 1 unspecified atom stereocenters. The van der Waals surface area contributed by atoms with Gasteiger partial charge in [0.05, 0.1) is 19.8 Å². The number of benzene rings is 1. The summed E-state index contributed by atoms with van der Waals surface area (Å²) in [6, 6.07) is 8.44. The van der Waals surface area contributed by atoms with Gasteiger partial charge in [-0.15, -0.1) is 24.0 Å². The molecule has 1 heterocycles. The molecule has 3 N–H and O–H groups in total. The second-order valence-electron chi connectivity index (χ2n) is 6.95. The molecule has 0 radical (unpaired) electrons. The van der Waals surface area contributed by atoms with E-state index >= 15 is 0 Å². The Morgan fingerprint density at radius 1 is 1.20 bits per heavy atom. The van der Waals surface area contributed by atoms with E-state index < -0.39 is 0 Å². The zero-order valence-corrected chi connectivity index (χ0v) is 20.6. The number of rotatable bonds is 11. The first-order chi connectivity index (χ1) is 14.2. The quantitative estimate of drug-likeness (QED) is 0.174. The minimum absolute atomic E-state index is 0. The highest BCUT2D eigenvalue weighted by molar-refractivity contribution is 14.0. The number of hydrogen-bond donors (Lipinski definition) is 3. The van der Waals surface area contributed by atoms with Crippen LogP contribution in [0.3, 0.4) is 0 Å². The fourth-order valence-electron chi connectivity index (χ4n) is 3.39. The van der Waals surface area contributed by atoms with Crippen LogP contribution in [0.1, 0.15) is 31.4 Å². The van der Waals surface area contributed by atoms with Gasteiger partial charge in [-0.05, 0) is 50.6 Å². The number of guanidine groups is 1. The number of ether oxygens (including phenoxy) is 2. The summed E-state index contributed by atoms with van der Waals surface area (Å²) in [4.78, 5) is 18.8. The number of methoxy groups -OCH3 is 2. The monoisotopic (exact) mass is 533 g/mol. The Hall–Kier alpha value is -1.59. The molecule has 8 nitrogen and oxygen atoms in total. The number of nitrogens with zero attached hydrogens (tertiary/aromatic N) is 2. The molecule has 1 atom stereocenters. The lowest BCUT2D eigenvalue weighted by Crippen LogP contribution is -2.43. The molecule has 2 rings (SSSR count). The lowest BCUT2D eigenvalue weighted by Gasteiger charge is -2.29. The zero-order valence-electron chi connectivity index (χ0n) is 18.3. The summed E-state index contributed by atoms with van der Waals surface area (Å²) >= 11 is 0. The molecule has 170 valence electrons. The van der Waals surface area contributed by atoms with Crippen LogP contribution in [0.15, 0.2) is 29.3 Å². The highest BCUT2D eigenvalue weighted by Gasteiger charge is 2.24. The highest BCUT2D eigenvalue weighted by Crippen LogP contribution is 2.27. The average Bonchev–Trinajstić information content (AvgIpc) is 3.27. The summed E-state index contributed by atoms with van der Waals surface area (Å²) in [6.45, 7) is 6.66. The maximum Gasteiger partial charge on any atom is 0.241 e. The van der Waals surface area contributed by atoms with Crippen molar-refractivity contribution in [2.75, 3.05) is 60.1 Å². The van der Waals surface area contributed by atoms with E-state index in [2.05, 4.69) is 38.0 Å². The molecular weight excluding hydrogens is 497 g/mol. The second kappa shape index (κ2) is 15.2. The van der Waals surface area contributed by atoms with Crippen LogP contribution < -0.4 is 20.7 Å². The van der Waals surface area contributed by atoms with Gasteiger partial charge < -0.3 is 25.4 Å². The van der Waals surface area contributed by atoms with Gasteiger partial charge in [-0.1, -0.05) is 12.1 Å². The number of hydrogen-bond acceptors (Lipinski definition) is 5. The van der Waals surface area contributed by atoms with Gasteiger partial charge in [0.25, 0.3) is 0 Å². The predicted molar refractivity (Wildman–Crippen MR) is 131 cm³/mol. The van der Waals surface area contributed by atoms with Gasteiger partial charge >= 0.3 is 0 Å². The lowest BCUT2D eigenvalue weighted by molar-refractivity contribution is -0.119. The van der Waals surface area contributed by atoms with Gasteiger partial charge in [-0.3, -0.25) is 9.69 Å². The van der Waals surface area contributed by atoms with Gasteiger partial charge in [0.1, 0.15) is 12.3 Å². The summed E-state index contributed by atoms with van der Waals surface area (Å²) in [7, 11) is 3.30. The molecule has 1 aliphatic rings. The Bertz CT molecular complexity index is 653. The van der Waals surface area contributed by atoms with Crippen molar-refractivity contribution in [2.45, 2.75) is 25.8 Å². The molecule has 0 saturated carbocycles. The van der Waals surface area contributed by atoms with Crippen LogP contribution >= 0.6 is 24.0 Å². The average molecular weight is 533 g/mol. The molecule has 1 amide bonds. The number of amides is 1. The Labute approximate surface area is 197 Å². The maximum atomic E-state index is 11.9. The van der Waals surface area contributed by atoms with Crippen LogP contribution in [0, 0.1) is 0 Å². The van der Waals surface area contributed by atoms with E-state index in [1.165, 1.54) is 18.4 Å². The Kier molecular flexibility index (Phi) is 13.4. The normalized spacial score (nSPS) is 15.2. The highest BCUT2D eigenvalue weighted by atomic mass is 127. The molecule has 1 aliphatic heterocycles. The number of aliphatic imine (C=N–C) groups is 1. The van der Waals surface area contributed by atoms with E-state index in [4.69, 9.17) is 9.47 Å². The van der Waals surface area contributed by atoms with Gasteiger partial charge in [0.2, 0.25) is 5.91 Å². The number of carbonyl (C=O) groups is 1. The largest absolute Gasteiger partial charge is 0.497 e. The molecule has 1 fully saturated rings. The van der Waals surface area contributed by atoms with Gasteiger partial charge in [0.15, 0.2) is 5.96 Å². The summed E-state index contributed by atoms with van der Waals surface area (Å²) < 4.78 is 10.3. The molecule has 30 heavy (non-hydrogen) atoms. The molecule has 0 bridgehead atoms. The first kappa shape index (κ1) is 26.4. The summed E-state index contributed by atoms with van der Waals surface area (Å²) in [5.41, 5.74) is 1.21. The predicted octanol–water partition coefficient (Wildman–Crippen LogP) is 1.77. The first-order valence-corrected chi connectivity index (χ1v) is 10.3. The lowest BCUT2D eigenvalue weighted by atomic mass is 10.1. The third-order valence-electron chi connectivity index (χ3n) is 4.88. The molecule has 0 aliphatic carbocycles. The summed E-state index contributed by atoms with van der Waals surface area (Å²) in [5, 5.41) is 9.40. The number of likely N-dealkylation sites (tertiary alicyclic amines) is 1. The van der Waals surface area contributed by atoms with Crippen molar-refractivity contribution in [1.29, 1.82) is 0 Å². The minimum atomic E-state index is -0.122. The molecule has 1 saturated heterocycles. The molecule has 9 heteroatoms. The van der Waals surface area contributed by atoms with E-state index in [1.807, 2.05) is 19.1 Å². The maximum absolute atomic E-state index is 11.9. The van der Waals surface area contributed by atoms with Gasteiger partial charge in [-0.2, -0.15) is 0 Å². The fourth-order valence-corrected chi connectivity index (χ4v) is 3.39. The van der Waals surface area contributed by atoms with Crippen LogP contribution in [-0.4, -0.2) is 76.9 Å². The van der Waals surface area contributed by atoms with E-state index in [-0.39, 0.29) is 42.5 Å².